The number of nitrogens with two attached hydrogens (primary N) is 1. The van der Waals surface area contributed by atoms with Gasteiger partial charge in [0.1, 0.15) is 5.75 Å². The Morgan fingerprint density at radius 2 is 2.18 bits per heavy atom. The summed E-state index contributed by atoms with van der Waals surface area (Å²) in [5, 5.41) is 0. The number of hydrogen-bond donors (Lipinski definition) is 1. The molecule has 2 nitrogen and oxygen atoms in total. The number of ether oxygens (including phenoxy) is 1. The molecule has 96 valence electrons. The standard InChI is InChI=1S/C14H23NOS/c1-4-17-9-5-8-16-14-7-6-11(2)10-13(14)12(3)15/h6-7,10,12H,4-5,8-9,15H2,1-3H3/t12-/m0/s1. The zero-order chi connectivity index (χ0) is 12.7. The fourth-order valence-electron chi connectivity index (χ4n) is 1.64. The molecule has 0 radical (unpaired) electrons. The quantitative estimate of drug-likeness (QED) is 0.755. The van der Waals surface area contributed by atoms with E-state index in [1.54, 1.807) is 0 Å². The third-order valence-corrected chi connectivity index (χ3v) is 3.54. The summed E-state index contributed by atoms with van der Waals surface area (Å²) in [5.74, 6) is 3.28. The first-order chi connectivity index (χ1) is 8.15. The molecule has 0 saturated heterocycles. The van der Waals surface area contributed by atoms with Crippen molar-refractivity contribution >= 4 is 11.8 Å². The maximum Gasteiger partial charge on any atom is 0.124 e. The van der Waals surface area contributed by atoms with E-state index in [1.165, 1.54) is 11.3 Å². The number of rotatable bonds is 7. The van der Waals surface area contributed by atoms with Gasteiger partial charge in [-0.05, 0) is 37.8 Å². The molecule has 0 fully saturated rings. The summed E-state index contributed by atoms with van der Waals surface area (Å²) >= 11 is 1.95. The lowest BCUT2D eigenvalue weighted by atomic mass is 10.1. The first-order valence-corrected chi connectivity index (χ1v) is 7.37. The van der Waals surface area contributed by atoms with Crippen LogP contribution in [-0.2, 0) is 0 Å². The average Bonchev–Trinajstić information content (AvgIpc) is 2.30. The molecule has 0 bridgehead atoms. The lowest BCUT2D eigenvalue weighted by Gasteiger charge is -2.14. The molecule has 0 saturated carbocycles. The smallest absolute Gasteiger partial charge is 0.124 e. The van der Waals surface area contributed by atoms with Crippen LogP contribution in [0.2, 0.25) is 0 Å². The van der Waals surface area contributed by atoms with Crippen molar-refractivity contribution in [1.82, 2.24) is 0 Å². The molecule has 0 unspecified atom stereocenters. The van der Waals surface area contributed by atoms with Gasteiger partial charge in [-0.15, -0.1) is 0 Å². The van der Waals surface area contributed by atoms with E-state index in [2.05, 4.69) is 26.0 Å². The Kier molecular flexibility index (Phi) is 6.45. The van der Waals surface area contributed by atoms with Gasteiger partial charge in [-0.1, -0.05) is 24.6 Å². The molecule has 17 heavy (non-hydrogen) atoms. The van der Waals surface area contributed by atoms with Crippen LogP contribution in [-0.4, -0.2) is 18.1 Å². The largest absolute Gasteiger partial charge is 0.493 e. The summed E-state index contributed by atoms with van der Waals surface area (Å²) in [6, 6.07) is 6.24. The maximum atomic E-state index is 5.95. The molecular weight excluding hydrogens is 230 g/mol. The summed E-state index contributed by atoms with van der Waals surface area (Å²) in [5.41, 5.74) is 8.28. The molecule has 0 aliphatic heterocycles. The molecule has 0 amide bonds. The molecular formula is C14H23NOS. The average molecular weight is 253 g/mol. The second-order valence-corrected chi connectivity index (χ2v) is 5.62. The Balaban J connectivity index is 2.52. The highest BCUT2D eigenvalue weighted by Crippen LogP contribution is 2.25. The SMILES string of the molecule is CCSCCCOc1ccc(C)cc1[C@H](C)N. The topological polar surface area (TPSA) is 35.2 Å². The van der Waals surface area contributed by atoms with Crippen molar-refractivity contribution in [3.05, 3.63) is 29.3 Å². The van der Waals surface area contributed by atoms with Gasteiger partial charge in [0.25, 0.3) is 0 Å². The van der Waals surface area contributed by atoms with Gasteiger partial charge in [-0.25, -0.2) is 0 Å². The minimum Gasteiger partial charge on any atom is -0.493 e. The van der Waals surface area contributed by atoms with Crippen LogP contribution in [0.15, 0.2) is 18.2 Å². The Bertz CT molecular complexity index is 339. The van der Waals surface area contributed by atoms with Crippen molar-refractivity contribution in [3.63, 3.8) is 0 Å². The minimum atomic E-state index is 0.0231. The molecule has 3 heteroatoms. The normalized spacial score (nSPS) is 12.5. The summed E-state index contributed by atoms with van der Waals surface area (Å²) in [6.07, 6.45) is 1.09. The predicted octanol–water partition coefficient (Wildman–Crippen LogP) is 3.54. The van der Waals surface area contributed by atoms with E-state index in [9.17, 15) is 0 Å². The molecule has 0 heterocycles. The van der Waals surface area contributed by atoms with E-state index < -0.39 is 0 Å². The highest BCUT2D eigenvalue weighted by molar-refractivity contribution is 7.99. The van der Waals surface area contributed by atoms with Crippen molar-refractivity contribution in [3.8, 4) is 5.75 Å². The number of hydrogen-bond acceptors (Lipinski definition) is 3. The fraction of sp³-hybridized carbons (Fsp3) is 0.571. The molecule has 0 aliphatic rings. The number of aryl methyl sites for hydroxylation is 1. The van der Waals surface area contributed by atoms with Crippen LogP contribution < -0.4 is 10.5 Å². The van der Waals surface area contributed by atoms with E-state index in [4.69, 9.17) is 10.5 Å². The van der Waals surface area contributed by atoms with Gasteiger partial charge in [0.15, 0.2) is 0 Å². The van der Waals surface area contributed by atoms with Crippen LogP contribution in [0.5, 0.6) is 5.75 Å². The van der Waals surface area contributed by atoms with Crippen molar-refractivity contribution in [2.75, 3.05) is 18.1 Å². The summed E-state index contributed by atoms with van der Waals surface area (Å²) in [6.45, 7) is 7.03. The zero-order valence-electron chi connectivity index (χ0n) is 11.0. The Morgan fingerprint density at radius 1 is 1.41 bits per heavy atom. The van der Waals surface area contributed by atoms with Crippen molar-refractivity contribution in [1.29, 1.82) is 0 Å². The van der Waals surface area contributed by atoms with Gasteiger partial charge in [-0.2, -0.15) is 11.8 Å². The third kappa shape index (κ3) is 5.00. The molecule has 0 spiro atoms. The number of thioether (sulfide) groups is 1. The minimum absolute atomic E-state index is 0.0231. The molecule has 1 atom stereocenters. The maximum absolute atomic E-state index is 5.95. The van der Waals surface area contributed by atoms with Gasteiger partial charge >= 0.3 is 0 Å². The molecule has 0 aromatic heterocycles. The van der Waals surface area contributed by atoms with Gasteiger partial charge < -0.3 is 10.5 Å². The highest BCUT2D eigenvalue weighted by atomic mass is 32.2. The van der Waals surface area contributed by atoms with Crippen molar-refractivity contribution < 1.29 is 4.74 Å². The first-order valence-electron chi connectivity index (χ1n) is 6.21. The highest BCUT2D eigenvalue weighted by Gasteiger charge is 2.08. The van der Waals surface area contributed by atoms with Gasteiger partial charge in [0, 0.05) is 11.6 Å². The lowest BCUT2D eigenvalue weighted by molar-refractivity contribution is 0.314. The molecule has 1 rings (SSSR count). The second-order valence-electron chi connectivity index (χ2n) is 4.23. The monoisotopic (exact) mass is 253 g/mol. The summed E-state index contributed by atoms with van der Waals surface area (Å²) in [7, 11) is 0. The van der Waals surface area contributed by atoms with Crippen molar-refractivity contribution in [2.45, 2.75) is 33.2 Å². The molecule has 0 aliphatic carbocycles. The van der Waals surface area contributed by atoms with Crippen LogP contribution in [0.1, 0.15) is 37.4 Å². The number of benzene rings is 1. The Labute approximate surface area is 109 Å². The fourth-order valence-corrected chi connectivity index (χ4v) is 2.25. The van der Waals surface area contributed by atoms with Crippen molar-refractivity contribution in [2.24, 2.45) is 5.73 Å². The van der Waals surface area contributed by atoms with Crippen LogP contribution >= 0.6 is 11.8 Å². The third-order valence-electron chi connectivity index (χ3n) is 2.55. The predicted molar refractivity (Wildman–Crippen MR) is 76.9 cm³/mol. The molecule has 2 N–H and O–H groups in total. The van der Waals surface area contributed by atoms with Crippen LogP contribution in [0, 0.1) is 6.92 Å². The van der Waals surface area contributed by atoms with Crippen LogP contribution in [0.4, 0.5) is 0 Å². The Morgan fingerprint density at radius 3 is 2.82 bits per heavy atom. The van der Waals surface area contributed by atoms with E-state index >= 15 is 0 Å². The Hall–Kier alpha value is -0.670. The zero-order valence-corrected chi connectivity index (χ0v) is 11.8. The molecule has 1 aromatic carbocycles. The molecule has 1 aromatic rings. The van der Waals surface area contributed by atoms with Gasteiger partial charge in [0.05, 0.1) is 6.61 Å². The van der Waals surface area contributed by atoms with Gasteiger partial charge in [-0.3, -0.25) is 0 Å². The van der Waals surface area contributed by atoms with E-state index in [-0.39, 0.29) is 6.04 Å². The van der Waals surface area contributed by atoms with E-state index in [0.717, 1.165) is 30.1 Å². The second kappa shape index (κ2) is 7.62. The first kappa shape index (κ1) is 14.4. The van der Waals surface area contributed by atoms with Crippen LogP contribution in [0.25, 0.3) is 0 Å². The van der Waals surface area contributed by atoms with E-state index in [0.29, 0.717) is 0 Å². The van der Waals surface area contributed by atoms with Crippen LogP contribution in [0.3, 0.4) is 0 Å². The summed E-state index contributed by atoms with van der Waals surface area (Å²) < 4.78 is 5.81. The van der Waals surface area contributed by atoms with E-state index in [1.807, 2.05) is 24.8 Å². The van der Waals surface area contributed by atoms with Gasteiger partial charge in [0.2, 0.25) is 0 Å². The summed E-state index contributed by atoms with van der Waals surface area (Å²) in [4.78, 5) is 0. The lowest BCUT2D eigenvalue weighted by Crippen LogP contribution is -2.09.